The summed E-state index contributed by atoms with van der Waals surface area (Å²) in [4.78, 5) is 0. The third-order valence-electron chi connectivity index (χ3n) is 3.49. The molecule has 0 atom stereocenters. The third-order valence-corrected chi connectivity index (χ3v) is 3.49. The largest absolute Gasteiger partial charge is 0.493 e. The smallest absolute Gasteiger partial charge is 0.119 e. The zero-order valence-electron chi connectivity index (χ0n) is 11.6. The lowest BCUT2D eigenvalue weighted by atomic mass is 9.86. The van der Waals surface area contributed by atoms with Crippen LogP contribution in [0.25, 0.3) is 0 Å². The average Bonchev–Trinajstić information content (AvgIpc) is 2.27. The van der Waals surface area contributed by atoms with E-state index in [1.54, 1.807) is 0 Å². The first-order valence-electron chi connectivity index (χ1n) is 7.16. The first-order chi connectivity index (χ1) is 8.74. The lowest BCUT2D eigenvalue weighted by Crippen LogP contribution is -2.20. The number of hydrogen-bond donors (Lipinski definition) is 1. The Kier molecular flexibility index (Phi) is 5.06. The van der Waals surface area contributed by atoms with Gasteiger partial charge >= 0.3 is 0 Å². The Morgan fingerprint density at radius 1 is 1.33 bits per heavy atom. The van der Waals surface area contributed by atoms with Crippen LogP contribution in [0.3, 0.4) is 0 Å². The third kappa shape index (κ3) is 4.34. The van der Waals surface area contributed by atoms with Crippen molar-refractivity contribution in [3.8, 4) is 5.75 Å². The second-order valence-electron chi connectivity index (χ2n) is 5.78. The lowest BCUT2D eigenvalue weighted by Gasteiger charge is -2.25. The van der Waals surface area contributed by atoms with Gasteiger partial charge in [0.2, 0.25) is 0 Å². The first kappa shape index (κ1) is 13.4. The Hall–Kier alpha value is -1.02. The van der Waals surface area contributed by atoms with Crippen molar-refractivity contribution >= 4 is 0 Å². The van der Waals surface area contributed by atoms with Crippen molar-refractivity contribution in [3.05, 3.63) is 29.8 Å². The van der Waals surface area contributed by atoms with Crippen LogP contribution in [0.4, 0.5) is 0 Å². The minimum absolute atomic E-state index is 0.697. The van der Waals surface area contributed by atoms with Gasteiger partial charge in [-0.3, -0.25) is 0 Å². The summed E-state index contributed by atoms with van der Waals surface area (Å²) in [6.45, 7) is 7.34. The minimum atomic E-state index is 0.697. The van der Waals surface area contributed by atoms with Crippen molar-refractivity contribution in [1.29, 1.82) is 0 Å². The van der Waals surface area contributed by atoms with E-state index in [0.717, 1.165) is 31.4 Å². The van der Waals surface area contributed by atoms with Crippen LogP contribution in [0.2, 0.25) is 0 Å². The molecule has 0 aliphatic heterocycles. The van der Waals surface area contributed by atoms with Gasteiger partial charge in [0.1, 0.15) is 5.75 Å². The second kappa shape index (κ2) is 6.79. The van der Waals surface area contributed by atoms with E-state index in [4.69, 9.17) is 4.74 Å². The number of ether oxygens (including phenoxy) is 1. The molecule has 0 heterocycles. The molecule has 1 N–H and O–H groups in total. The standard InChI is InChI=1S/C16H25NO/c1-13(2)10-17-11-15-7-4-8-16(9-15)18-12-14-5-3-6-14/h4,7-9,13-14,17H,3,5-6,10-12H2,1-2H3. The highest BCUT2D eigenvalue weighted by Gasteiger charge is 2.17. The van der Waals surface area contributed by atoms with Gasteiger partial charge in [-0.05, 0) is 48.9 Å². The molecule has 1 aromatic carbocycles. The summed E-state index contributed by atoms with van der Waals surface area (Å²) in [6.07, 6.45) is 4.07. The van der Waals surface area contributed by atoms with Crippen molar-refractivity contribution in [2.75, 3.05) is 13.2 Å². The highest BCUT2D eigenvalue weighted by molar-refractivity contribution is 5.28. The molecule has 1 aromatic rings. The molecule has 0 spiro atoms. The Balaban J connectivity index is 1.76. The Morgan fingerprint density at radius 3 is 2.83 bits per heavy atom. The van der Waals surface area contributed by atoms with Gasteiger partial charge in [-0.2, -0.15) is 0 Å². The van der Waals surface area contributed by atoms with Crippen molar-refractivity contribution < 1.29 is 4.74 Å². The molecule has 0 amide bonds. The molecule has 2 heteroatoms. The van der Waals surface area contributed by atoms with Crippen LogP contribution in [-0.2, 0) is 6.54 Å². The number of benzene rings is 1. The maximum absolute atomic E-state index is 5.85. The van der Waals surface area contributed by atoms with E-state index in [-0.39, 0.29) is 0 Å². The number of nitrogens with one attached hydrogen (secondary N) is 1. The van der Waals surface area contributed by atoms with Gasteiger partial charge in [0.25, 0.3) is 0 Å². The second-order valence-corrected chi connectivity index (χ2v) is 5.78. The van der Waals surface area contributed by atoms with E-state index < -0.39 is 0 Å². The molecule has 1 fully saturated rings. The van der Waals surface area contributed by atoms with Crippen molar-refractivity contribution in [2.24, 2.45) is 11.8 Å². The molecule has 0 unspecified atom stereocenters. The van der Waals surface area contributed by atoms with Crippen molar-refractivity contribution in [2.45, 2.75) is 39.7 Å². The van der Waals surface area contributed by atoms with E-state index in [9.17, 15) is 0 Å². The van der Waals surface area contributed by atoms with E-state index in [1.165, 1.54) is 24.8 Å². The van der Waals surface area contributed by atoms with Crippen LogP contribution in [0.15, 0.2) is 24.3 Å². The topological polar surface area (TPSA) is 21.3 Å². The van der Waals surface area contributed by atoms with Crippen LogP contribution in [0.5, 0.6) is 5.75 Å². The molecule has 100 valence electrons. The zero-order chi connectivity index (χ0) is 12.8. The number of hydrogen-bond acceptors (Lipinski definition) is 2. The Labute approximate surface area is 111 Å². The molecule has 0 radical (unpaired) electrons. The van der Waals surface area contributed by atoms with E-state index in [0.29, 0.717) is 5.92 Å². The lowest BCUT2D eigenvalue weighted by molar-refractivity contribution is 0.180. The highest BCUT2D eigenvalue weighted by atomic mass is 16.5. The average molecular weight is 247 g/mol. The molecular formula is C16H25NO. The van der Waals surface area contributed by atoms with Gasteiger partial charge in [-0.25, -0.2) is 0 Å². The first-order valence-corrected chi connectivity index (χ1v) is 7.16. The summed E-state index contributed by atoms with van der Waals surface area (Å²) < 4.78 is 5.85. The summed E-state index contributed by atoms with van der Waals surface area (Å²) >= 11 is 0. The fourth-order valence-electron chi connectivity index (χ4n) is 2.12. The normalized spacial score (nSPS) is 15.7. The summed E-state index contributed by atoms with van der Waals surface area (Å²) in [5.74, 6) is 2.52. The van der Waals surface area contributed by atoms with E-state index in [1.807, 2.05) is 0 Å². The Morgan fingerprint density at radius 2 is 2.17 bits per heavy atom. The maximum atomic E-state index is 5.85. The van der Waals surface area contributed by atoms with Gasteiger partial charge in [-0.15, -0.1) is 0 Å². The predicted octanol–water partition coefficient (Wildman–Crippen LogP) is 3.61. The van der Waals surface area contributed by atoms with Crippen LogP contribution >= 0.6 is 0 Å². The molecule has 1 aliphatic carbocycles. The van der Waals surface area contributed by atoms with E-state index >= 15 is 0 Å². The summed E-state index contributed by atoms with van der Waals surface area (Å²) in [5, 5.41) is 3.46. The quantitative estimate of drug-likeness (QED) is 0.794. The van der Waals surface area contributed by atoms with Crippen LogP contribution < -0.4 is 10.1 Å². The van der Waals surface area contributed by atoms with Crippen LogP contribution in [-0.4, -0.2) is 13.2 Å². The summed E-state index contributed by atoms with van der Waals surface area (Å²) in [6, 6.07) is 8.46. The maximum Gasteiger partial charge on any atom is 0.119 e. The fraction of sp³-hybridized carbons (Fsp3) is 0.625. The molecule has 2 nitrogen and oxygen atoms in total. The van der Waals surface area contributed by atoms with Crippen molar-refractivity contribution in [3.63, 3.8) is 0 Å². The van der Waals surface area contributed by atoms with Crippen LogP contribution in [0, 0.1) is 11.8 Å². The molecule has 18 heavy (non-hydrogen) atoms. The molecule has 0 aromatic heterocycles. The SMILES string of the molecule is CC(C)CNCc1cccc(OCC2CCC2)c1. The molecule has 2 rings (SSSR count). The molecule has 0 saturated heterocycles. The molecule has 1 aliphatic rings. The highest BCUT2D eigenvalue weighted by Crippen LogP contribution is 2.27. The van der Waals surface area contributed by atoms with Gasteiger partial charge in [0.15, 0.2) is 0 Å². The summed E-state index contributed by atoms with van der Waals surface area (Å²) in [5.41, 5.74) is 1.31. The van der Waals surface area contributed by atoms with Gasteiger partial charge in [-0.1, -0.05) is 32.4 Å². The Bertz CT molecular complexity index is 358. The van der Waals surface area contributed by atoms with E-state index in [2.05, 4.69) is 43.4 Å². The summed E-state index contributed by atoms with van der Waals surface area (Å²) in [7, 11) is 0. The van der Waals surface area contributed by atoms with Crippen LogP contribution in [0.1, 0.15) is 38.7 Å². The molecule has 1 saturated carbocycles. The van der Waals surface area contributed by atoms with Gasteiger partial charge in [0, 0.05) is 6.54 Å². The molecular weight excluding hydrogens is 222 g/mol. The fourth-order valence-corrected chi connectivity index (χ4v) is 2.12. The van der Waals surface area contributed by atoms with Gasteiger partial charge < -0.3 is 10.1 Å². The zero-order valence-corrected chi connectivity index (χ0v) is 11.6. The van der Waals surface area contributed by atoms with Crippen molar-refractivity contribution in [1.82, 2.24) is 5.32 Å². The molecule has 0 bridgehead atoms. The monoisotopic (exact) mass is 247 g/mol. The van der Waals surface area contributed by atoms with Gasteiger partial charge in [0.05, 0.1) is 6.61 Å². The minimum Gasteiger partial charge on any atom is -0.493 e. The number of rotatable bonds is 7. The predicted molar refractivity (Wildman–Crippen MR) is 75.8 cm³/mol.